The number of nitrogens with two attached hydrogens (primary N) is 1. The van der Waals surface area contributed by atoms with Crippen molar-refractivity contribution in [3.63, 3.8) is 0 Å². The average Bonchev–Trinajstić information content (AvgIpc) is 2.32. The van der Waals surface area contributed by atoms with Gasteiger partial charge < -0.3 is 15.7 Å². The molecule has 3 N–H and O–H groups in total. The molecule has 1 saturated heterocycles. The second-order valence-corrected chi connectivity index (χ2v) is 6.61. The fraction of sp³-hybridized carbons (Fsp3) is 0.462. The van der Waals surface area contributed by atoms with Crippen LogP contribution in [0.25, 0.3) is 0 Å². The normalized spacial score (nSPS) is 23.4. The van der Waals surface area contributed by atoms with Gasteiger partial charge in [-0.3, -0.25) is 0 Å². The monoisotopic (exact) mass is 300 g/mol. The van der Waals surface area contributed by atoms with Crippen LogP contribution in [0.1, 0.15) is 24.2 Å². The highest BCUT2D eigenvalue weighted by Gasteiger charge is 2.30. The third-order valence-corrected chi connectivity index (χ3v) is 5.11. The van der Waals surface area contributed by atoms with Crippen molar-refractivity contribution in [1.29, 1.82) is 0 Å². The Morgan fingerprint density at radius 1 is 1.53 bits per heavy atom. The Labute approximate surface area is 121 Å². The second kappa shape index (κ2) is 5.51. The first-order chi connectivity index (χ1) is 8.91. The van der Waals surface area contributed by atoms with Crippen LogP contribution in [0.15, 0.2) is 12.1 Å². The summed E-state index contributed by atoms with van der Waals surface area (Å²) >= 11 is 8.12. The molecule has 1 aliphatic rings. The molecule has 6 heteroatoms. The molecule has 2 rings (SSSR count). The first-order valence-corrected chi connectivity index (χ1v) is 7.55. The number of aromatic carboxylic acids is 1. The van der Waals surface area contributed by atoms with Gasteiger partial charge in [-0.25, -0.2) is 4.79 Å². The maximum absolute atomic E-state index is 11.4. The van der Waals surface area contributed by atoms with Gasteiger partial charge in [-0.2, -0.15) is 11.8 Å². The Kier molecular flexibility index (Phi) is 4.16. The largest absolute Gasteiger partial charge is 0.478 e. The molecule has 1 aromatic rings. The third-order valence-electron chi connectivity index (χ3n) is 3.49. The molecule has 0 aliphatic carbocycles. The second-order valence-electron chi connectivity index (χ2n) is 4.71. The predicted octanol–water partition coefficient (Wildman–Crippen LogP) is 2.95. The first kappa shape index (κ1) is 14.3. The molecule has 1 aromatic carbocycles. The lowest BCUT2D eigenvalue weighted by molar-refractivity contribution is 0.0697. The summed E-state index contributed by atoms with van der Waals surface area (Å²) in [7, 11) is 0. The Hall–Kier alpha value is -1.07. The maximum Gasteiger partial charge on any atom is 0.337 e. The van der Waals surface area contributed by atoms with Gasteiger partial charge in [-0.15, -0.1) is 0 Å². The number of nitrogen functional groups attached to an aromatic ring is 1. The Morgan fingerprint density at radius 3 is 2.84 bits per heavy atom. The lowest BCUT2D eigenvalue weighted by Gasteiger charge is -2.40. The quantitative estimate of drug-likeness (QED) is 0.822. The molecule has 2 atom stereocenters. The van der Waals surface area contributed by atoms with E-state index in [-0.39, 0.29) is 11.6 Å². The molecular weight excluding hydrogens is 284 g/mol. The number of anilines is 2. The lowest BCUT2D eigenvalue weighted by atomic mass is 10.1. The van der Waals surface area contributed by atoms with Crippen LogP contribution in [0.5, 0.6) is 0 Å². The Balaban J connectivity index is 2.51. The van der Waals surface area contributed by atoms with Crippen LogP contribution in [0.3, 0.4) is 0 Å². The molecule has 0 radical (unpaired) electrons. The molecule has 19 heavy (non-hydrogen) atoms. The number of nitrogens with zero attached hydrogens (tertiary/aromatic N) is 1. The molecule has 0 amide bonds. The summed E-state index contributed by atoms with van der Waals surface area (Å²) in [6, 6.07) is 3.32. The zero-order valence-electron chi connectivity index (χ0n) is 10.9. The van der Waals surface area contributed by atoms with E-state index in [4.69, 9.17) is 17.3 Å². The summed E-state index contributed by atoms with van der Waals surface area (Å²) in [4.78, 5) is 13.5. The fourth-order valence-electron chi connectivity index (χ4n) is 2.32. The van der Waals surface area contributed by atoms with Gasteiger partial charge in [0.15, 0.2) is 0 Å². The highest BCUT2D eigenvalue weighted by atomic mass is 35.5. The van der Waals surface area contributed by atoms with Crippen molar-refractivity contribution in [3.8, 4) is 0 Å². The van der Waals surface area contributed by atoms with Crippen LogP contribution in [0.2, 0.25) is 5.02 Å². The van der Waals surface area contributed by atoms with Crippen LogP contribution >= 0.6 is 23.4 Å². The van der Waals surface area contributed by atoms with Crippen molar-refractivity contribution in [1.82, 2.24) is 0 Å². The number of hydrogen-bond donors (Lipinski definition) is 2. The summed E-state index contributed by atoms with van der Waals surface area (Å²) in [5, 5.41) is 10.2. The predicted molar refractivity (Wildman–Crippen MR) is 81.6 cm³/mol. The average molecular weight is 301 g/mol. The van der Waals surface area contributed by atoms with Gasteiger partial charge >= 0.3 is 5.97 Å². The lowest BCUT2D eigenvalue weighted by Crippen LogP contribution is -2.45. The molecule has 4 nitrogen and oxygen atoms in total. The van der Waals surface area contributed by atoms with Crippen molar-refractivity contribution in [3.05, 3.63) is 22.7 Å². The number of benzene rings is 1. The molecule has 1 fully saturated rings. The summed E-state index contributed by atoms with van der Waals surface area (Å²) in [6.07, 6.45) is 0. The van der Waals surface area contributed by atoms with Crippen LogP contribution < -0.4 is 10.6 Å². The maximum atomic E-state index is 11.4. The van der Waals surface area contributed by atoms with E-state index in [1.54, 1.807) is 6.07 Å². The van der Waals surface area contributed by atoms with Crippen molar-refractivity contribution in [2.45, 2.75) is 25.1 Å². The minimum absolute atomic E-state index is 0.177. The molecule has 0 bridgehead atoms. The van der Waals surface area contributed by atoms with Crippen molar-refractivity contribution < 1.29 is 9.90 Å². The minimum atomic E-state index is -0.998. The number of carboxylic acid groups (broad SMARTS) is 1. The van der Waals surface area contributed by atoms with Crippen LogP contribution in [-0.4, -0.2) is 34.7 Å². The van der Waals surface area contributed by atoms with Crippen molar-refractivity contribution in [2.75, 3.05) is 22.9 Å². The van der Waals surface area contributed by atoms with Crippen LogP contribution in [0.4, 0.5) is 11.4 Å². The molecule has 0 aromatic heterocycles. The van der Waals surface area contributed by atoms with Gasteiger partial charge in [0.25, 0.3) is 0 Å². The number of rotatable bonds is 2. The van der Waals surface area contributed by atoms with Crippen LogP contribution in [0, 0.1) is 0 Å². The molecule has 1 heterocycles. The Bertz CT molecular complexity index is 510. The van der Waals surface area contributed by atoms with E-state index >= 15 is 0 Å². The fourth-order valence-corrected chi connectivity index (χ4v) is 3.76. The Morgan fingerprint density at radius 2 is 2.21 bits per heavy atom. The summed E-state index contributed by atoms with van der Waals surface area (Å²) in [5.74, 6) is -0.0343. The summed E-state index contributed by atoms with van der Waals surface area (Å²) in [6.45, 7) is 5.03. The molecule has 104 valence electrons. The molecule has 1 aliphatic heterocycles. The topological polar surface area (TPSA) is 66.6 Å². The zero-order valence-corrected chi connectivity index (χ0v) is 12.5. The van der Waals surface area contributed by atoms with Gasteiger partial charge in [-0.1, -0.05) is 18.5 Å². The first-order valence-electron chi connectivity index (χ1n) is 6.12. The number of hydrogen-bond acceptors (Lipinski definition) is 4. The molecule has 0 saturated carbocycles. The summed E-state index contributed by atoms with van der Waals surface area (Å²) < 4.78 is 0. The van der Waals surface area contributed by atoms with E-state index in [2.05, 4.69) is 18.7 Å². The number of carbonyl (C=O) groups is 1. The van der Waals surface area contributed by atoms with Crippen molar-refractivity contribution in [2.24, 2.45) is 0 Å². The number of thioether (sulfide) groups is 1. The molecule has 0 spiro atoms. The smallest absolute Gasteiger partial charge is 0.337 e. The highest BCUT2D eigenvalue weighted by Crippen LogP contribution is 2.37. The zero-order chi connectivity index (χ0) is 14.2. The van der Waals surface area contributed by atoms with Crippen molar-refractivity contribution >= 4 is 40.7 Å². The van der Waals surface area contributed by atoms with Gasteiger partial charge in [0, 0.05) is 29.3 Å². The highest BCUT2D eigenvalue weighted by molar-refractivity contribution is 8.00. The van der Waals surface area contributed by atoms with E-state index in [0.717, 1.165) is 12.3 Å². The molecular formula is C13H17ClN2O2S. The van der Waals surface area contributed by atoms with Gasteiger partial charge in [0.2, 0.25) is 0 Å². The van der Waals surface area contributed by atoms with Gasteiger partial charge in [0.05, 0.1) is 16.3 Å². The van der Waals surface area contributed by atoms with E-state index in [0.29, 0.717) is 21.6 Å². The number of carboxylic acids is 1. The van der Waals surface area contributed by atoms with Crippen LogP contribution in [-0.2, 0) is 0 Å². The van der Waals surface area contributed by atoms with E-state index in [1.165, 1.54) is 6.07 Å². The number of halogens is 1. The SMILES string of the molecule is CC1SCCN(c2c(Cl)cc(N)cc2C(=O)O)C1C. The van der Waals surface area contributed by atoms with Gasteiger partial charge in [-0.05, 0) is 19.1 Å². The molecule has 2 unspecified atom stereocenters. The van der Waals surface area contributed by atoms with E-state index in [9.17, 15) is 9.90 Å². The van der Waals surface area contributed by atoms with E-state index in [1.807, 2.05) is 11.8 Å². The minimum Gasteiger partial charge on any atom is -0.478 e. The third kappa shape index (κ3) is 2.77. The summed E-state index contributed by atoms with van der Waals surface area (Å²) in [5.41, 5.74) is 6.82. The van der Waals surface area contributed by atoms with Gasteiger partial charge in [0.1, 0.15) is 0 Å². The standard InChI is InChI=1S/C13H17ClN2O2S/c1-7-8(2)19-4-3-16(7)12-10(13(17)18)5-9(15)6-11(12)14/h5-8H,3-4,15H2,1-2H3,(H,17,18). The van der Waals surface area contributed by atoms with E-state index < -0.39 is 5.97 Å².